The zero-order chi connectivity index (χ0) is 9.80. The molecule has 0 fully saturated rings. The monoisotopic (exact) mass is 189 g/mol. The summed E-state index contributed by atoms with van der Waals surface area (Å²) in [5.74, 6) is 0.606. The molecule has 0 spiro atoms. The van der Waals surface area contributed by atoms with Crippen molar-refractivity contribution in [3.05, 3.63) is 42.3 Å². The molecule has 2 rings (SSSR count). The van der Waals surface area contributed by atoms with Gasteiger partial charge in [-0.3, -0.25) is 0 Å². The maximum atomic E-state index is 8.72. The van der Waals surface area contributed by atoms with Crippen LogP contribution in [0.4, 0.5) is 0 Å². The van der Waals surface area contributed by atoms with Gasteiger partial charge in [-0.1, -0.05) is 18.2 Å². The molecular formula is C11H11NO2. The number of aromatic nitrogens is 1. The third-order valence-corrected chi connectivity index (χ3v) is 1.94. The molecule has 1 N–H and O–H groups in total. The van der Waals surface area contributed by atoms with E-state index >= 15 is 0 Å². The SMILES string of the molecule is OCCc1coc(-c2ccccc2)n1. The van der Waals surface area contributed by atoms with Gasteiger partial charge in [0, 0.05) is 18.6 Å². The Morgan fingerprint density at radius 2 is 2.00 bits per heavy atom. The maximum absolute atomic E-state index is 8.72. The van der Waals surface area contributed by atoms with Gasteiger partial charge < -0.3 is 9.52 Å². The van der Waals surface area contributed by atoms with E-state index < -0.39 is 0 Å². The molecule has 1 aromatic heterocycles. The minimum Gasteiger partial charge on any atom is -0.444 e. The summed E-state index contributed by atoms with van der Waals surface area (Å²) in [7, 11) is 0. The molecule has 0 unspecified atom stereocenters. The molecule has 0 bridgehead atoms. The highest BCUT2D eigenvalue weighted by Gasteiger charge is 2.04. The molecule has 0 radical (unpaired) electrons. The largest absolute Gasteiger partial charge is 0.444 e. The molecule has 0 aliphatic rings. The highest BCUT2D eigenvalue weighted by Crippen LogP contribution is 2.17. The second-order valence-corrected chi connectivity index (χ2v) is 2.98. The van der Waals surface area contributed by atoms with Crippen molar-refractivity contribution in [3.63, 3.8) is 0 Å². The van der Waals surface area contributed by atoms with E-state index in [1.165, 1.54) is 0 Å². The van der Waals surface area contributed by atoms with Gasteiger partial charge >= 0.3 is 0 Å². The number of oxazole rings is 1. The lowest BCUT2D eigenvalue weighted by Crippen LogP contribution is -1.89. The predicted molar refractivity (Wildman–Crippen MR) is 52.7 cm³/mol. The van der Waals surface area contributed by atoms with Gasteiger partial charge in [0.15, 0.2) is 0 Å². The number of aliphatic hydroxyl groups excluding tert-OH is 1. The zero-order valence-electron chi connectivity index (χ0n) is 7.68. The van der Waals surface area contributed by atoms with Crippen LogP contribution in [0.25, 0.3) is 11.5 Å². The van der Waals surface area contributed by atoms with E-state index in [9.17, 15) is 0 Å². The molecule has 0 aliphatic heterocycles. The van der Waals surface area contributed by atoms with E-state index in [2.05, 4.69) is 4.98 Å². The van der Waals surface area contributed by atoms with Crippen LogP contribution in [0.3, 0.4) is 0 Å². The minimum atomic E-state index is 0.0980. The Morgan fingerprint density at radius 1 is 1.21 bits per heavy atom. The number of benzene rings is 1. The van der Waals surface area contributed by atoms with Gasteiger partial charge in [-0.05, 0) is 12.1 Å². The molecule has 2 aromatic rings. The first kappa shape index (κ1) is 8.97. The van der Waals surface area contributed by atoms with Crippen molar-refractivity contribution in [2.24, 2.45) is 0 Å². The molecule has 0 amide bonds. The second kappa shape index (κ2) is 4.07. The minimum absolute atomic E-state index is 0.0980. The van der Waals surface area contributed by atoms with E-state index in [-0.39, 0.29) is 6.61 Å². The zero-order valence-corrected chi connectivity index (χ0v) is 7.68. The predicted octanol–water partition coefficient (Wildman–Crippen LogP) is 1.88. The molecule has 0 atom stereocenters. The second-order valence-electron chi connectivity index (χ2n) is 2.98. The molecule has 72 valence electrons. The third kappa shape index (κ3) is 1.83. The lowest BCUT2D eigenvalue weighted by molar-refractivity contribution is 0.298. The molecule has 3 heteroatoms. The summed E-state index contributed by atoms with van der Waals surface area (Å²) in [4.78, 5) is 4.24. The summed E-state index contributed by atoms with van der Waals surface area (Å²) in [5, 5.41) is 8.72. The average molecular weight is 189 g/mol. The van der Waals surface area contributed by atoms with Crippen molar-refractivity contribution < 1.29 is 9.52 Å². The molecule has 0 saturated carbocycles. The van der Waals surface area contributed by atoms with Gasteiger partial charge in [-0.15, -0.1) is 0 Å². The summed E-state index contributed by atoms with van der Waals surface area (Å²) >= 11 is 0. The fourth-order valence-electron chi connectivity index (χ4n) is 1.25. The van der Waals surface area contributed by atoms with Crippen LogP contribution in [-0.2, 0) is 6.42 Å². The Balaban J connectivity index is 2.25. The number of hydrogen-bond acceptors (Lipinski definition) is 3. The summed E-state index contributed by atoms with van der Waals surface area (Å²) in [6, 6.07) is 9.70. The first-order valence-corrected chi connectivity index (χ1v) is 4.51. The van der Waals surface area contributed by atoms with Gasteiger partial charge in [0.1, 0.15) is 6.26 Å². The van der Waals surface area contributed by atoms with Crippen molar-refractivity contribution >= 4 is 0 Å². The Bertz CT molecular complexity index is 395. The van der Waals surface area contributed by atoms with Gasteiger partial charge in [0.05, 0.1) is 5.69 Å². The van der Waals surface area contributed by atoms with E-state index in [1.807, 2.05) is 30.3 Å². The van der Waals surface area contributed by atoms with Crippen molar-refractivity contribution in [1.29, 1.82) is 0 Å². The molecule has 0 saturated heterocycles. The molecule has 3 nitrogen and oxygen atoms in total. The van der Waals surface area contributed by atoms with Crippen molar-refractivity contribution in [2.75, 3.05) is 6.61 Å². The number of nitrogens with zero attached hydrogens (tertiary/aromatic N) is 1. The first-order chi connectivity index (χ1) is 6.90. The summed E-state index contributed by atoms with van der Waals surface area (Å²) in [6.07, 6.45) is 2.12. The lowest BCUT2D eigenvalue weighted by Gasteiger charge is -1.92. The standard InChI is InChI=1S/C11H11NO2/c13-7-6-10-8-14-11(12-10)9-4-2-1-3-5-9/h1-5,8,13H,6-7H2. The molecule has 1 aromatic carbocycles. The van der Waals surface area contributed by atoms with Crippen LogP contribution < -0.4 is 0 Å². The lowest BCUT2D eigenvalue weighted by atomic mass is 10.2. The third-order valence-electron chi connectivity index (χ3n) is 1.94. The highest BCUT2D eigenvalue weighted by atomic mass is 16.3. The van der Waals surface area contributed by atoms with Crippen molar-refractivity contribution in [3.8, 4) is 11.5 Å². The van der Waals surface area contributed by atoms with Gasteiger partial charge in [0.2, 0.25) is 5.89 Å². The van der Waals surface area contributed by atoms with E-state index in [4.69, 9.17) is 9.52 Å². The van der Waals surface area contributed by atoms with Crippen LogP contribution in [0.2, 0.25) is 0 Å². The molecule has 0 aliphatic carbocycles. The fourth-order valence-corrected chi connectivity index (χ4v) is 1.25. The van der Waals surface area contributed by atoms with Gasteiger partial charge in [0.25, 0.3) is 0 Å². The van der Waals surface area contributed by atoms with Crippen LogP contribution in [-0.4, -0.2) is 16.7 Å². The Kier molecular flexibility index (Phi) is 2.60. The van der Waals surface area contributed by atoms with Crippen LogP contribution in [0.5, 0.6) is 0 Å². The van der Waals surface area contributed by atoms with Crippen LogP contribution >= 0.6 is 0 Å². The quantitative estimate of drug-likeness (QED) is 0.801. The molecular weight excluding hydrogens is 178 g/mol. The summed E-state index contributed by atoms with van der Waals surface area (Å²) < 4.78 is 5.28. The van der Waals surface area contributed by atoms with Crippen LogP contribution in [0.15, 0.2) is 41.0 Å². The number of aliphatic hydroxyl groups is 1. The fraction of sp³-hybridized carbons (Fsp3) is 0.182. The van der Waals surface area contributed by atoms with Gasteiger partial charge in [-0.25, -0.2) is 4.98 Å². The smallest absolute Gasteiger partial charge is 0.226 e. The Hall–Kier alpha value is -1.61. The summed E-state index contributed by atoms with van der Waals surface area (Å²) in [6.45, 7) is 0.0980. The van der Waals surface area contributed by atoms with E-state index in [0.29, 0.717) is 12.3 Å². The van der Waals surface area contributed by atoms with E-state index in [1.54, 1.807) is 6.26 Å². The Morgan fingerprint density at radius 3 is 2.71 bits per heavy atom. The van der Waals surface area contributed by atoms with Crippen LogP contribution in [0.1, 0.15) is 5.69 Å². The topological polar surface area (TPSA) is 46.3 Å². The normalized spacial score (nSPS) is 10.4. The average Bonchev–Trinajstić information content (AvgIpc) is 2.68. The highest BCUT2D eigenvalue weighted by molar-refractivity contribution is 5.52. The molecule has 1 heterocycles. The van der Waals surface area contributed by atoms with Crippen molar-refractivity contribution in [1.82, 2.24) is 4.98 Å². The van der Waals surface area contributed by atoms with Crippen molar-refractivity contribution in [2.45, 2.75) is 6.42 Å². The molecule has 14 heavy (non-hydrogen) atoms. The number of rotatable bonds is 3. The first-order valence-electron chi connectivity index (χ1n) is 4.51. The maximum Gasteiger partial charge on any atom is 0.226 e. The summed E-state index contributed by atoms with van der Waals surface area (Å²) in [5.41, 5.74) is 1.74. The van der Waals surface area contributed by atoms with E-state index in [0.717, 1.165) is 11.3 Å². The Labute approximate surface area is 82.0 Å². The van der Waals surface area contributed by atoms with Gasteiger partial charge in [-0.2, -0.15) is 0 Å². The van der Waals surface area contributed by atoms with Crippen LogP contribution in [0, 0.1) is 0 Å². The number of hydrogen-bond donors (Lipinski definition) is 1.